The molecular weight excluding hydrogens is 224 g/mol. The Morgan fingerprint density at radius 2 is 2.00 bits per heavy atom. The molecule has 106 valence electrons. The smallest absolute Gasteiger partial charge is 0.0593 e. The summed E-state index contributed by atoms with van der Waals surface area (Å²) in [4.78, 5) is 2.74. The second-order valence-corrected chi connectivity index (χ2v) is 5.91. The summed E-state index contributed by atoms with van der Waals surface area (Å²) in [6.07, 6.45) is 8.23. The van der Waals surface area contributed by atoms with E-state index in [1.807, 2.05) is 0 Å². The van der Waals surface area contributed by atoms with Gasteiger partial charge in [0.15, 0.2) is 0 Å². The molecule has 0 radical (unpaired) electrons. The predicted octanol–water partition coefficient (Wildman–Crippen LogP) is 2.41. The van der Waals surface area contributed by atoms with Crippen LogP contribution in [0.2, 0.25) is 0 Å². The predicted molar refractivity (Wildman–Crippen MR) is 76.0 cm³/mol. The van der Waals surface area contributed by atoms with Crippen LogP contribution in [-0.4, -0.2) is 49.3 Å². The summed E-state index contributed by atoms with van der Waals surface area (Å²) in [6.45, 7) is 9.64. The molecule has 1 saturated carbocycles. The summed E-state index contributed by atoms with van der Waals surface area (Å²) in [6, 6.07) is 0.680. The van der Waals surface area contributed by atoms with Crippen molar-refractivity contribution in [1.82, 2.24) is 10.2 Å². The minimum absolute atomic E-state index is 0.445. The van der Waals surface area contributed by atoms with Gasteiger partial charge in [0.1, 0.15) is 0 Å². The Kier molecular flexibility index (Phi) is 5.46. The van der Waals surface area contributed by atoms with Gasteiger partial charge in [-0.25, -0.2) is 0 Å². The van der Waals surface area contributed by atoms with Gasteiger partial charge < -0.3 is 10.1 Å². The van der Waals surface area contributed by atoms with Crippen molar-refractivity contribution in [3.8, 4) is 0 Å². The van der Waals surface area contributed by atoms with E-state index in [-0.39, 0.29) is 0 Å². The number of nitrogens with zero attached hydrogens (tertiary/aromatic N) is 1. The molecule has 1 aliphatic carbocycles. The number of rotatable bonds is 5. The molecule has 1 N–H and O–H groups in total. The normalized spacial score (nSPS) is 28.7. The third kappa shape index (κ3) is 3.25. The molecule has 3 nitrogen and oxygen atoms in total. The lowest BCUT2D eigenvalue weighted by atomic mass is 9.78. The minimum atomic E-state index is 0.445. The fourth-order valence-corrected chi connectivity index (χ4v) is 3.59. The largest absolute Gasteiger partial charge is 0.380 e. The second kappa shape index (κ2) is 6.88. The van der Waals surface area contributed by atoms with Crippen LogP contribution in [0.3, 0.4) is 0 Å². The Morgan fingerprint density at radius 1 is 1.22 bits per heavy atom. The summed E-state index contributed by atoms with van der Waals surface area (Å²) in [5.74, 6) is 0. The van der Waals surface area contributed by atoms with Crippen LogP contribution in [0.5, 0.6) is 0 Å². The van der Waals surface area contributed by atoms with Gasteiger partial charge in [-0.3, -0.25) is 4.90 Å². The Hall–Kier alpha value is -0.120. The fraction of sp³-hybridized carbons (Fsp3) is 1.00. The molecule has 0 aromatic rings. The molecule has 0 aromatic carbocycles. The van der Waals surface area contributed by atoms with Gasteiger partial charge in [0.2, 0.25) is 0 Å². The highest BCUT2D eigenvalue weighted by atomic mass is 16.5. The Bertz CT molecular complexity index is 239. The number of hydrogen-bond donors (Lipinski definition) is 1. The average molecular weight is 254 g/mol. The van der Waals surface area contributed by atoms with Crippen LogP contribution >= 0.6 is 0 Å². The highest BCUT2D eigenvalue weighted by Gasteiger charge is 2.41. The van der Waals surface area contributed by atoms with E-state index in [0.717, 1.165) is 19.8 Å². The lowest BCUT2D eigenvalue weighted by molar-refractivity contribution is -0.0106. The van der Waals surface area contributed by atoms with Crippen LogP contribution < -0.4 is 5.32 Å². The first-order chi connectivity index (χ1) is 8.80. The molecule has 3 heteroatoms. The Labute approximate surface area is 112 Å². The van der Waals surface area contributed by atoms with Crippen LogP contribution in [0.15, 0.2) is 0 Å². The topological polar surface area (TPSA) is 24.5 Å². The summed E-state index contributed by atoms with van der Waals surface area (Å²) >= 11 is 0. The van der Waals surface area contributed by atoms with E-state index in [4.69, 9.17) is 4.74 Å². The quantitative estimate of drug-likeness (QED) is 0.763. The monoisotopic (exact) mass is 254 g/mol. The van der Waals surface area contributed by atoms with Gasteiger partial charge in [-0.05, 0) is 26.2 Å². The Morgan fingerprint density at radius 3 is 2.67 bits per heavy atom. The van der Waals surface area contributed by atoms with Gasteiger partial charge in [-0.1, -0.05) is 26.2 Å². The molecule has 0 bridgehead atoms. The molecule has 18 heavy (non-hydrogen) atoms. The van der Waals surface area contributed by atoms with Crippen molar-refractivity contribution < 1.29 is 4.74 Å². The van der Waals surface area contributed by atoms with Crippen molar-refractivity contribution in [3.05, 3.63) is 0 Å². The lowest BCUT2D eigenvalue weighted by Crippen LogP contribution is -2.65. The van der Waals surface area contributed by atoms with Crippen molar-refractivity contribution in [1.29, 1.82) is 0 Å². The molecule has 1 unspecified atom stereocenters. The molecule has 2 aliphatic rings. The molecule has 1 saturated heterocycles. The fourth-order valence-electron chi connectivity index (χ4n) is 3.59. The van der Waals surface area contributed by atoms with Gasteiger partial charge in [-0.2, -0.15) is 0 Å². The number of piperazine rings is 1. The average Bonchev–Trinajstić information content (AvgIpc) is 2.42. The molecule has 1 heterocycles. The number of ether oxygens (including phenoxy) is 1. The molecule has 1 aliphatic heterocycles. The van der Waals surface area contributed by atoms with Crippen LogP contribution in [-0.2, 0) is 4.74 Å². The number of hydrogen-bond acceptors (Lipinski definition) is 3. The van der Waals surface area contributed by atoms with E-state index >= 15 is 0 Å². The lowest BCUT2D eigenvalue weighted by Gasteiger charge is -2.52. The SMILES string of the molecule is CCOCCN1CC(CC)NCC12CCCCC2. The molecule has 0 aromatic heterocycles. The van der Waals surface area contributed by atoms with Crippen molar-refractivity contribution in [2.75, 3.05) is 32.8 Å². The van der Waals surface area contributed by atoms with E-state index in [1.54, 1.807) is 0 Å². The van der Waals surface area contributed by atoms with Crippen molar-refractivity contribution in [3.63, 3.8) is 0 Å². The van der Waals surface area contributed by atoms with Gasteiger partial charge in [-0.15, -0.1) is 0 Å². The van der Waals surface area contributed by atoms with E-state index in [9.17, 15) is 0 Å². The molecule has 2 rings (SSSR count). The van der Waals surface area contributed by atoms with E-state index < -0.39 is 0 Å². The maximum Gasteiger partial charge on any atom is 0.0593 e. The van der Waals surface area contributed by atoms with Crippen molar-refractivity contribution in [2.45, 2.75) is 64.0 Å². The van der Waals surface area contributed by atoms with Gasteiger partial charge in [0.25, 0.3) is 0 Å². The van der Waals surface area contributed by atoms with E-state index in [2.05, 4.69) is 24.1 Å². The molecule has 1 spiro atoms. The first-order valence-electron chi connectivity index (χ1n) is 7.87. The third-order valence-electron chi connectivity index (χ3n) is 4.82. The van der Waals surface area contributed by atoms with E-state index in [0.29, 0.717) is 11.6 Å². The molecule has 0 amide bonds. The summed E-state index contributed by atoms with van der Waals surface area (Å²) in [5, 5.41) is 3.77. The van der Waals surface area contributed by atoms with Crippen molar-refractivity contribution >= 4 is 0 Å². The summed E-state index contributed by atoms with van der Waals surface area (Å²) in [5.41, 5.74) is 0.445. The second-order valence-electron chi connectivity index (χ2n) is 5.91. The maximum absolute atomic E-state index is 5.58. The van der Waals surface area contributed by atoms with Crippen LogP contribution in [0.25, 0.3) is 0 Å². The maximum atomic E-state index is 5.58. The van der Waals surface area contributed by atoms with Gasteiger partial charge >= 0.3 is 0 Å². The zero-order chi connectivity index (χ0) is 12.8. The van der Waals surface area contributed by atoms with Crippen LogP contribution in [0.4, 0.5) is 0 Å². The Balaban J connectivity index is 1.96. The van der Waals surface area contributed by atoms with Gasteiger partial charge in [0, 0.05) is 37.8 Å². The zero-order valence-electron chi connectivity index (χ0n) is 12.2. The highest BCUT2D eigenvalue weighted by Crippen LogP contribution is 2.35. The van der Waals surface area contributed by atoms with Crippen molar-refractivity contribution in [2.24, 2.45) is 0 Å². The number of nitrogens with one attached hydrogen (secondary N) is 1. The first kappa shape index (κ1) is 14.3. The van der Waals surface area contributed by atoms with Crippen LogP contribution in [0, 0.1) is 0 Å². The standard InChI is InChI=1S/C15H30N2O/c1-3-14-12-17(10-11-18-4-2)15(13-16-14)8-6-5-7-9-15/h14,16H,3-13H2,1-2H3. The van der Waals surface area contributed by atoms with Crippen LogP contribution in [0.1, 0.15) is 52.4 Å². The highest BCUT2D eigenvalue weighted by molar-refractivity contribution is 5.00. The first-order valence-corrected chi connectivity index (χ1v) is 7.87. The summed E-state index contributed by atoms with van der Waals surface area (Å²) < 4.78 is 5.58. The summed E-state index contributed by atoms with van der Waals surface area (Å²) in [7, 11) is 0. The van der Waals surface area contributed by atoms with E-state index in [1.165, 1.54) is 51.6 Å². The minimum Gasteiger partial charge on any atom is -0.380 e. The van der Waals surface area contributed by atoms with Gasteiger partial charge in [0.05, 0.1) is 6.61 Å². The zero-order valence-corrected chi connectivity index (χ0v) is 12.2. The molecule has 2 fully saturated rings. The molecule has 1 atom stereocenters. The molecular formula is C15H30N2O. The third-order valence-corrected chi connectivity index (χ3v) is 4.82.